The molecule has 2 unspecified atom stereocenters. The molecule has 1 fully saturated rings. The van der Waals surface area contributed by atoms with Crippen molar-refractivity contribution in [3.8, 4) is 11.5 Å². The molecule has 1 saturated heterocycles. The average Bonchev–Trinajstić information content (AvgIpc) is 2.87. The molecule has 0 saturated carbocycles. The van der Waals surface area contributed by atoms with Crippen molar-refractivity contribution in [3.05, 3.63) is 23.8 Å². The molecule has 1 aromatic carbocycles. The van der Waals surface area contributed by atoms with Crippen molar-refractivity contribution >= 4 is 0 Å². The van der Waals surface area contributed by atoms with Crippen molar-refractivity contribution in [1.82, 2.24) is 5.32 Å². The van der Waals surface area contributed by atoms with Crippen molar-refractivity contribution in [2.75, 3.05) is 33.4 Å². The number of hydrogen-bond acceptors (Lipinski definition) is 4. The third kappa shape index (κ3) is 2.18. The first-order valence-electron chi connectivity index (χ1n) is 6.54. The Balaban J connectivity index is 1.83. The van der Waals surface area contributed by atoms with Crippen LogP contribution < -0.4 is 14.8 Å². The minimum absolute atomic E-state index is 0.174. The third-order valence-corrected chi connectivity index (χ3v) is 3.58. The molecule has 1 N–H and O–H groups in total. The number of nitrogens with one attached hydrogen (secondary N) is 1. The Bertz CT molecular complexity index is 422. The lowest BCUT2D eigenvalue weighted by molar-refractivity contribution is 0.0901. The summed E-state index contributed by atoms with van der Waals surface area (Å²) < 4.78 is 17.0. The van der Waals surface area contributed by atoms with Crippen LogP contribution in [0.25, 0.3) is 0 Å². The van der Waals surface area contributed by atoms with Crippen LogP contribution in [0.4, 0.5) is 0 Å². The van der Waals surface area contributed by atoms with Gasteiger partial charge in [0.05, 0.1) is 6.10 Å². The Labute approximate surface area is 107 Å². The fourth-order valence-electron chi connectivity index (χ4n) is 2.71. The smallest absolute Gasteiger partial charge is 0.161 e. The second-order valence-electron chi connectivity index (χ2n) is 4.80. The molecule has 0 spiro atoms. The maximum Gasteiger partial charge on any atom is 0.161 e. The van der Waals surface area contributed by atoms with E-state index in [4.69, 9.17) is 14.2 Å². The van der Waals surface area contributed by atoms with Crippen molar-refractivity contribution < 1.29 is 14.2 Å². The van der Waals surface area contributed by atoms with E-state index in [2.05, 4.69) is 17.4 Å². The molecular weight excluding hydrogens is 230 g/mol. The molecule has 0 aromatic heterocycles. The second kappa shape index (κ2) is 5.16. The molecule has 3 rings (SSSR count). The molecular formula is C14H19NO3. The van der Waals surface area contributed by atoms with Gasteiger partial charge in [-0.2, -0.15) is 0 Å². The van der Waals surface area contributed by atoms with Crippen molar-refractivity contribution in [2.24, 2.45) is 5.92 Å². The van der Waals surface area contributed by atoms with Crippen LogP contribution >= 0.6 is 0 Å². The molecule has 2 aliphatic rings. The van der Waals surface area contributed by atoms with Crippen LogP contribution in [-0.2, 0) is 4.74 Å². The zero-order valence-electron chi connectivity index (χ0n) is 10.6. The lowest BCUT2D eigenvalue weighted by atomic mass is 9.95. The summed E-state index contributed by atoms with van der Waals surface area (Å²) >= 11 is 0. The van der Waals surface area contributed by atoms with Gasteiger partial charge in [-0.05, 0) is 31.2 Å². The average molecular weight is 249 g/mol. The summed E-state index contributed by atoms with van der Waals surface area (Å²) in [6, 6.07) is 6.14. The minimum Gasteiger partial charge on any atom is -0.486 e. The highest BCUT2D eigenvalue weighted by Gasteiger charge is 2.30. The Kier molecular flexibility index (Phi) is 3.39. The standard InChI is InChI=1S/C14H19NO3/c1-15-9-11-4-5-18-14(11)10-2-3-12-13(8-10)17-7-6-16-12/h2-3,8,11,14-15H,4-7,9H2,1H3. The van der Waals surface area contributed by atoms with E-state index in [0.717, 1.165) is 31.1 Å². The van der Waals surface area contributed by atoms with Crippen molar-refractivity contribution in [3.63, 3.8) is 0 Å². The predicted octanol–water partition coefficient (Wildman–Crippen LogP) is 1.75. The molecule has 4 nitrogen and oxygen atoms in total. The van der Waals surface area contributed by atoms with Gasteiger partial charge in [0.2, 0.25) is 0 Å². The Morgan fingerprint density at radius 1 is 1.17 bits per heavy atom. The zero-order valence-corrected chi connectivity index (χ0v) is 10.6. The quantitative estimate of drug-likeness (QED) is 0.886. The van der Waals surface area contributed by atoms with Gasteiger partial charge in [0.15, 0.2) is 11.5 Å². The lowest BCUT2D eigenvalue weighted by Crippen LogP contribution is -2.22. The van der Waals surface area contributed by atoms with Gasteiger partial charge in [-0.25, -0.2) is 0 Å². The largest absolute Gasteiger partial charge is 0.486 e. The summed E-state index contributed by atoms with van der Waals surface area (Å²) in [5, 5.41) is 3.24. The second-order valence-corrected chi connectivity index (χ2v) is 4.80. The van der Waals surface area contributed by atoms with Gasteiger partial charge in [0.1, 0.15) is 13.2 Å². The van der Waals surface area contributed by atoms with Crippen LogP contribution in [0.3, 0.4) is 0 Å². The maximum atomic E-state index is 5.86. The molecule has 0 radical (unpaired) electrons. The monoisotopic (exact) mass is 249 g/mol. The fraction of sp³-hybridized carbons (Fsp3) is 0.571. The number of fused-ring (bicyclic) bond motifs is 1. The summed E-state index contributed by atoms with van der Waals surface area (Å²) in [4.78, 5) is 0. The van der Waals surface area contributed by atoms with Gasteiger partial charge in [-0.15, -0.1) is 0 Å². The number of hydrogen-bond donors (Lipinski definition) is 1. The van der Waals surface area contributed by atoms with Crippen molar-refractivity contribution in [1.29, 1.82) is 0 Å². The van der Waals surface area contributed by atoms with Gasteiger partial charge in [-0.1, -0.05) is 6.07 Å². The molecule has 2 heterocycles. The van der Waals surface area contributed by atoms with Gasteiger partial charge < -0.3 is 19.5 Å². The predicted molar refractivity (Wildman–Crippen MR) is 68.2 cm³/mol. The highest BCUT2D eigenvalue weighted by Crippen LogP contribution is 2.39. The molecule has 98 valence electrons. The SMILES string of the molecule is CNCC1CCOC1c1ccc2c(c1)OCCO2. The first kappa shape index (κ1) is 11.8. The summed E-state index contributed by atoms with van der Waals surface area (Å²) in [6.45, 7) is 3.08. The van der Waals surface area contributed by atoms with E-state index in [1.165, 1.54) is 5.56 Å². The number of rotatable bonds is 3. The van der Waals surface area contributed by atoms with E-state index in [1.807, 2.05) is 13.1 Å². The van der Waals surface area contributed by atoms with Crippen LogP contribution in [-0.4, -0.2) is 33.4 Å². The zero-order chi connectivity index (χ0) is 12.4. The molecule has 2 atom stereocenters. The van der Waals surface area contributed by atoms with E-state index in [1.54, 1.807) is 0 Å². The summed E-state index contributed by atoms with van der Waals surface area (Å²) in [6.07, 6.45) is 1.29. The highest BCUT2D eigenvalue weighted by atomic mass is 16.6. The van der Waals surface area contributed by atoms with E-state index in [-0.39, 0.29) is 6.10 Å². The molecule has 0 aliphatic carbocycles. The molecule has 2 aliphatic heterocycles. The van der Waals surface area contributed by atoms with Gasteiger partial charge >= 0.3 is 0 Å². The van der Waals surface area contributed by atoms with Gasteiger partial charge in [-0.3, -0.25) is 0 Å². The van der Waals surface area contributed by atoms with Crippen LogP contribution in [0.1, 0.15) is 18.1 Å². The molecule has 0 bridgehead atoms. The number of benzene rings is 1. The fourth-order valence-corrected chi connectivity index (χ4v) is 2.71. The third-order valence-electron chi connectivity index (χ3n) is 3.58. The lowest BCUT2D eigenvalue weighted by Gasteiger charge is -2.22. The Morgan fingerprint density at radius 2 is 2.00 bits per heavy atom. The molecule has 0 amide bonds. The minimum atomic E-state index is 0.174. The normalized spacial score (nSPS) is 26.3. The molecule has 1 aromatic rings. The van der Waals surface area contributed by atoms with E-state index in [0.29, 0.717) is 19.1 Å². The highest BCUT2D eigenvalue weighted by molar-refractivity contribution is 5.44. The Morgan fingerprint density at radius 3 is 2.83 bits per heavy atom. The first-order chi connectivity index (χ1) is 8.88. The van der Waals surface area contributed by atoms with Gasteiger partial charge in [0.25, 0.3) is 0 Å². The van der Waals surface area contributed by atoms with E-state index < -0.39 is 0 Å². The topological polar surface area (TPSA) is 39.7 Å². The first-order valence-corrected chi connectivity index (χ1v) is 6.54. The van der Waals surface area contributed by atoms with Crippen LogP contribution in [0.2, 0.25) is 0 Å². The van der Waals surface area contributed by atoms with E-state index in [9.17, 15) is 0 Å². The van der Waals surface area contributed by atoms with E-state index >= 15 is 0 Å². The van der Waals surface area contributed by atoms with Crippen LogP contribution in [0.5, 0.6) is 11.5 Å². The van der Waals surface area contributed by atoms with Crippen LogP contribution in [0, 0.1) is 5.92 Å². The summed E-state index contributed by atoms with van der Waals surface area (Å²) in [7, 11) is 1.99. The Hall–Kier alpha value is -1.26. The van der Waals surface area contributed by atoms with Gasteiger partial charge in [0, 0.05) is 19.1 Å². The number of ether oxygens (including phenoxy) is 3. The molecule has 18 heavy (non-hydrogen) atoms. The van der Waals surface area contributed by atoms with Crippen molar-refractivity contribution in [2.45, 2.75) is 12.5 Å². The summed E-state index contributed by atoms with van der Waals surface area (Å²) in [5.74, 6) is 2.23. The maximum absolute atomic E-state index is 5.86. The van der Waals surface area contributed by atoms with Crippen LogP contribution in [0.15, 0.2) is 18.2 Å². The summed E-state index contributed by atoms with van der Waals surface area (Å²) in [5.41, 5.74) is 1.19. The molecule has 4 heteroatoms.